The SMILES string of the molecule is CCOc1ccc(NC(=O)c2cccc(C(=O)Nc3ccccc3OC)c2)cc1. The second-order valence-corrected chi connectivity index (χ2v) is 6.15. The number of amides is 2. The molecule has 0 saturated heterocycles. The van der Waals surface area contributed by atoms with Gasteiger partial charge in [-0.25, -0.2) is 0 Å². The Kier molecular flexibility index (Phi) is 6.47. The van der Waals surface area contributed by atoms with Gasteiger partial charge in [0.25, 0.3) is 11.8 Å². The first-order valence-electron chi connectivity index (χ1n) is 9.19. The summed E-state index contributed by atoms with van der Waals surface area (Å²) in [5, 5.41) is 5.62. The standard InChI is InChI=1S/C23H22N2O4/c1-3-29-19-13-11-18(12-14-19)24-22(26)16-7-6-8-17(15-16)23(27)25-20-9-4-5-10-21(20)28-2/h4-15H,3H2,1-2H3,(H,24,26)(H,25,27). The molecule has 0 spiro atoms. The van der Waals surface area contributed by atoms with Gasteiger partial charge in [0.2, 0.25) is 0 Å². The molecule has 0 unspecified atom stereocenters. The summed E-state index contributed by atoms with van der Waals surface area (Å²) in [6.07, 6.45) is 0. The van der Waals surface area contributed by atoms with Crippen molar-refractivity contribution in [1.29, 1.82) is 0 Å². The maximum Gasteiger partial charge on any atom is 0.255 e. The molecular weight excluding hydrogens is 368 g/mol. The minimum Gasteiger partial charge on any atom is -0.495 e. The molecule has 0 aliphatic heterocycles. The fourth-order valence-corrected chi connectivity index (χ4v) is 2.75. The smallest absolute Gasteiger partial charge is 0.255 e. The summed E-state index contributed by atoms with van der Waals surface area (Å²) >= 11 is 0. The predicted octanol–water partition coefficient (Wildman–Crippen LogP) is 4.60. The van der Waals surface area contributed by atoms with Crippen LogP contribution in [-0.2, 0) is 0 Å². The van der Waals surface area contributed by atoms with Crippen LogP contribution in [0.25, 0.3) is 0 Å². The van der Waals surface area contributed by atoms with Crippen LogP contribution in [0, 0.1) is 0 Å². The third kappa shape index (κ3) is 5.13. The number of nitrogens with one attached hydrogen (secondary N) is 2. The summed E-state index contributed by atoms with van der Waals surface area (Å²) in [5.41, 5.74) is 1.95. The summed E-state index contributed by atoms with van der Waals surface area (Å²) in [4.78, 5) is 25.2. The van der Waals surface area contributed by atoms with Crippen LogP contribution < -0.4 is 20.1 Å². The number of hydrogen-bond acceptors (Lipinski definition) is 4. The Bertz CT molecular complexity index is 1000. The molecule has 6 heteroatoms. The van der Waals surface area contributed by atoms with Gasteiger partial charge in [0, 0.05) is 16.8 Å². The van der Waals surface area contributed by atoms with Crippen LogP contribution in [0.1, 0.15) is 27.6 Å². The first kappa shape index (κ1) is 19.9. The molecule has 0 heterocycles. The zero-order valence-corrected chi connectivity index (χ0v) is 16.3. The number of rotatable bonds is 7. The van der Waals surface area contributed by atoms with Gasteiger partial charge >= 0.3 is 0 Å². The molecule has 3 aromatic rings. The van der Waals surface area contributed by atoms with E-state index in [1.807, 2.05) is 13.0 Å². The van der Waals surface area contributed by atoms with Gasteiger partial charge in [0.1, 0.15) is 11.5 Å². The van der Waals surface area contributed by atoms with Crippen molar-refractivity contribution in [3.05, 3.63) is 83.9 Å². The molecule has 0 radical (unpaired) electrons. The van der Waals surface area contributed by atoms with Gasteiger partial charge in [-0.2, -0.15) is 0 Å². The molecule has 0 atom stereocenters. The Morgan fingerprint density at radius 3 is 2.14 bits per heavy atom. The fraction of sp³-hybridized carbons (Fsp3) is 0.130. The molecule has 2 amide bonds. The van der Waals surface area contributed by atoms with Crippen LogP contribution in [0.15, 0.2) is 72.8 Å². The van der Waals surface area contributed by atoms with E-state index in [1.165, 1.54) is 7.11 Å². The molecule has 3 rings (SSSR count). The highest BCUT2D eigenvalue weighted by molar-refractivity contribution is 6.09. The Morgan fingerprint density at radius 1 is 0.828 bits per heavy atom. The van der Waals surface area contributed by atoms with Crippen molar-refractivity contribution in [2.24, 2.45) is 0 Å². The van der Waals surface area contributed by atoms with Gasteiger partial charge < -0.3 is 20.1 Å². The minimum atomic E-state index is -0.329. The molecule has 0 aromatic heterocycles. The lowest BCUT2D eigenvalue weighted by Crippen LogP contribution is -2.16. The molecule has 0 aliphatic rings. The van der Waals surface area contributed by atoms with Crippen LogP contribution >= 0.6 is 0 Å². The van der Waals surface area contributed by atoms with Crippen molar-refractivity contribution >= 4 is 23.2 Å². The Balaban J connectivity index is 1.71. The average molecular weight is 390 g/mol. The van der Waals surface area contributed by atoms with E-state index in [0.717, 1.165) is 5.75 Å². The molecule has 6 nitrogen and oxygen atoms in total. The predicted molar refractivity (Wildman–Crippen MR) is 113 cm³/mol. The summed E-state index contributed by atoms with van der Waals surface area (Å²) in [5.74, 6) is 0.664. The van der Waals surface area contributed by atoms with Crippen molar-refractivity contribution in [3.8, 4) is 11.5 Å². The van der Waals surface area contributed by atoms with Gasteiger partial charge in [-0.05, 0) is 61.5 Å². The van der Waals surface area contributed by atoms with E-state index in [1.54, 1.807) is 66.7 Å². The number of carbonyl (C=O) groups is 2. The van der Waals surface area contributed by atoms with E-state index in [2.05, 4.69) is 10.6 Å². The van der Waals surface area contributed by atoms with E-state index < -0.39 is 0 Å². The lowest BCUT2D eigenvalue weighted by atomic mass is 10.1. The van der Waals surface area contributed by atoms with Crippen molar-refractivity contribution < 1.29 is 19.1 Å². The minimum absolute atomic E-state index is 0.305. The molecule has 29 heavy (non-hydrogen) atoms. The number of benzene rings is 3. The van der Waals surface area contributed by atoms with Gasteiger partial charge in [0.15, 0.2) is 0 Å². The van der Waals surface area contributed by atoms with Gasteiger partial charge in [-0.1, -0.05) is 18.2 Å². The maximum atomic E-state index is 12.6. The highest BCUT2D eigenvalue weighted by Crippen LogP contribution is 2.24. The van der Waals surface area contributed by atoms with E-state index in [9.17, 15) is 9.59 Å². The van der Waals surface area contributed by atoms with E-state index in [4.69, 9.17) is 9.47 Å². The van der Waals surface area contributed by atoms with Crippen molar-refractivity contribution in [2.75, 3.05) is 24.4 Å². The first-order valence-corrected chi connectivity index (χ1v) is 9.19. The van der Waals surface area contributed by atoms with Crippen LogP contribution in [0.4, 0.5) is 11.4 Å². The average Bonchev–Trinajstić information content (AvgIpc) is 2.75. The Labute approximate surface area is 169 Å². The van der Waals surface area contributed by atoms with Crippen LogP contribution in [0.5, 0.6) is 11.5 Å². The Morgan fingerprint density at radius 2 is 1.48 bits per heavy atom. The van der Waals surface area contributed by atoms with Crippen LogP contribution in [0.2, 0.25) is 0 Å². The highest BCUT2D eigenvalue weighted by Gasteiger charge is 2.13. The van der Waals surface area contributed by atoms with E-state index in [0.29, 0.717) is 34.9 Å². The van der Waals surface area contributed by atoms with Crippen molar-refractivity contribution in [1.82, 2.24) is 0 Å². The third-order valence-electron chi connectivity index (χ3n) is 4.17. The maximum absolute atomic E-state index is 12.6. The number of carbonyl (C=O) groups excluding carboxylic acids is 2. The van der Waals surface area contributed by atoms with Gasteiger partial charge in [-0.15, -0.1) is 0 Å². The third-order valence-corrected chi connectivity index (χ3v) is 4.17. The van der Waals surface area contributed by atoms with E-state index in [-0.39, 0.29) is 11.8 Å². The first-order chi connectivity index (χ1) is 14.1. The zero-order valence-electron chi connectivity index (χ0n) is 16.3. The van der Waals surface area contributed by atoms with E-state index >= 15 is 0 Å². The number of hydrogen-bond donors (Lipinski definition) is 2. The molecular formula is C23H22N2O4. The van der Waals surface area contributed by atoms with Gasteiger partial charge in [0.05, 0.1) is 19.4 Å². The zero-order chi connectivity index (χ0) is 20.6. The summed E-state index contributed by atoms with van der Waals surface area (Å²) in [6.45, 7) is 2.49. The molecule has 148 valence electrons. The van der Waals surface area contributed by atoms with Crippen molar-refractivity contribution in [2.45, 2.75) is 6.92 Å². The number of ether oxygens (including phenoxy) is 2. The molecule has 0 saturated carbocycles. The second kappa shape index (κ2) is 9.41. The van der Waals surface area contributed by atoms with Crippen molar-refractivity contribution in [3.63, 3.8) is 0 Å². The van der Waals surface area contributed by atoms with Gasteiger partial charge in [-0.3, -0.25) is 9.59 Å². The number of methoxy groups -OCH3 is 1. The topological polar surface area (TPSA) is 76.7 Å². The van der Waals surface area contributed by atoms with Crippen LogP contribution in [0.3, 0.4) is 0 Å². The molecule has 0 aliphatic carbocycles. The molecule has 0 bridgehead atoms. The summed E-state index contributed by atoms with van der Waals surface area (Å²) < 4.78 is 10.6. The lowest BCUT2D eigenvalue weighted by Gasteiger charge is -2.11. The quantitative estimate of drug-likeness (QED) is 0.618. The lowest BCUT2D eigenvalue weighted by molar-refractivity contribution is 0.102. The summed E-state index contributed by atoms with van der Waals surface area (Å²) in [6, 6.07) is 20.8. The van der Waals surface area contributed by atoms with Crippen LogP contribution in [-0.4, -0.2) is 25.5 Å². The number of anilines is 2. The normalized spacial score (nSPS) is 10.1. The molecule has 3 aromatic carbocycles. The molecule has 2 N–H and O–H groups in total. The Hall–Kier alpha value is -3.80. The largest absolute Gasteiger partial charge is 0.495 e. The number of para-hydroxylation sites is 2. The molecule has 0 fully saturated rings. The monoisotopic (exact) mass is 390 g/mol. The highest BCUT2D eigenvalue weighted by atomic mass is 16.5. The second-order valence-electron chi connectivity index (χ2n) is 6.15. The fourth-order valence-electron chi connectivity index (χ4n) is 2.75. The summed E-state index contributed by atoms with van der Waals surface area (Å²) in [7, 11) is 1.54.